The molecule has 0 spiro atoms. The van der Waals surface area contributed by atoms with Gasteiger partial charge in [0.2, 0.25) is 0 Å². The first-order valence-electron chi connectivity index (χ1n) is 6.21. The van der Waals surface area contributed by atoms with Crippen LogP contribution in [0.2, 0.25) is 5.02 Å². The number of hydrogen-bond donors (Lipinski definition) is 0. The highest BCUT2D eigenvalue weighted by Gasteiger charge is 2.23. The molecule has 0 bridgehead atoms. The first kappa shape index (κ1) is 12.2. The Morgan fingerprint density at radius 3 is 2.95 bits per heavy atom. The van der Waals surface area contributed by atoms with Crippen molar-refractivity contribution >= 4 is 17.5 Å². The molecule has 19 heavy (non-hydrogen) atoms. The van der Waals surface area contributed by atoms with E-state index < -0.39 is 0 Å². The molecule has 0 saturated heterocycles. The fourth-order valence-electron chi connectivity index (χ4n) is 2.36. The van der Waals surface area contributed by atoms with Crippen LogP contribution < -0.4 is 0 Å². The lowest BCUT2D eigenvalue weighted by Crippen LogP contribution is -2.37. The fraction of sp³-hybridized carbons (Fsp3) is 0.200. The van der Waals surface area contributed by atoms with E-state index in [2.05, 4.69) is 4.98 Å². The van der Waals surface area contributed by atoms with Gasteiger partial charge < -0.3 is 4.90 Å². The minimum Gasteiger partial charge on any atom is -0.332 e. The lowest BCUT2D eigenvalue weighted by molar-refractivity contribution is 0.0725. The summed E-state index contributed by atoms with van der Waals surface area (Å²) in [6.45, 7) is 1.23. The third-order valence-corrected chi connectivity index (χ3v) is 3.55. The van der Waals surface area contributed by atoms with Crippen molar-refractivity contribution in [1.29, 1.82) is 0 Å². The van der Waals surface area contributed by atoms with Gasteiger partial charge in [-0.25, -0.2) is 0 Å². The molecule has 3 nitrogen and oxygen atoms in total. The van der Waals surface area contributed by atoms with Crippen molar-refractivity contribution < 1.29 is 4.79 Å². The quantitative estimate of drug-likeness (QED) is 0.842. The van der Waals surface area contributed by atoms with Crippen molar-refractivity contribution in [2.45, 2.75) is 13.0 Å². The molecule has 0 radical (unpaired) electrons. The number of carbonyl (C=O) groups excluding carboxylic acids is 1. The van der Waals surface area contributed by atoms with Gasteiger partial charge in [0.25, 0.3) is 5.91 Å². The smallest absolute Gasteiger partial charge is 0.254 e. The zero-order chi connectivity index (χ0) is 13.2. The first-order valence-corrected chi connectivity index (χ1v) is 6.59. The molecule has 1 aromatic heterocycles. The molecule has 1 amide bonds. The topological polar surface area (TPSA) is 33.2 Å². The van der Waals surface area contributed by atoms with Crippen molar-refractivity contribution in [3.05, 3.63) is 64.4 Å². The lowest BCUT2D eigenvalue weighted by atomic mass is 9.99. The number of benzene rings is 1. The van der Waals surface area contributed by atoms with Crippen molar-refractivity contribution in [3.63, 3.8) is 0 Å². The number of pyridine rings is 1. The molecule has 96 valence electrons. The van der Waals surface area contributed by atoms with E-state index >= 15 is 0 Å². The molecule has 1 aliphatic rings. The van der Waals surface area contributed by atoms with Gasteiger partial charge in [0.15, 0.2) is 0 Å². The predicted octanol–water partition coefficient (Wildman–Crippen LogP) is 2.93. The molecule has 0 saturated carbocycles. The summed E-state index contributed by atoms with van der Waals surface area (Å²) in [6, 6.07) is 11.3. The summed E-state index contributed by atoms with van der Waals surface area (Å²) < 4.78 is 0. The third-order valence-electron chi connectivity index (χ3n) is 3.32. The second-order valence-corrected chi connectivity index (χ2v) is 5.04. The minimum absolute atomic E-state index is 0.0728. The largest absolute Gasteiger partial charge is 0.332 e. The summed E-state index contributed by atoms with van der Waals surface area (Å²) in [5, 5.41) is 0.648. The Labute approximate surface area is 116 Å². The van der Waals surface area contributed by atoms with Crippen LogP contribution in [0.5, 0.6) is 0 Å². The highest BCUT2D eigenvalue weighted by molar-refractivity contribution is 6.30. The van der Waals surface area contributed by atoms with Crippen molar-refractivity contribution in [1.82, 2.24) is 9.88 Å². The normalized spacial score (nSPS) is 14.4. The van der Waals surface area contributed by atoms with Crippen LogP contribution in [0.15, 0.2) is 42.6 Å². The maximum atomic E-state index is 12.4. The Morgan fingerprint density at radius 2 is 2.11 bits per heavy atom. The molecular formula is C15H13ClN2O. The first-order chi connectivity index (χ1) is 9.24. The SMILES string of the molecule is O=C1c2ccccc2CCN1Cc1cc(Cl)ccn1. The number of halogens is 1. The number of nitrogens with zero attached hydrogens (tertiary/aromatic N) is 2. The molecule has 0 fully saturated rings. The van der Waals surface area contributed by atoms with E-state index in [1.807, 2.05) is 29.2 Å². The van der Waals surface area contributed by atoms with E-state index in [0.717, 1.165) is 29.8 Å². The average Bonchev–Trinajstić information content (AvgIpc) is 2.42. The fourth-order valence-corrected chi connectivity index (χ4v) is 2.54. The highest BCUT2D eigenvalue weighted by Crippen LogP contribution is 2.20. The zero-order valence-corrected chi connectivity index (χ0v) is 11.1. The van der Waals surface area contributed by atoms with E-state index in [-0.39, 0.29) is 5.91 Å². The van der Waals surface area contributed by atoms with Crippen molar-refractivity contribution in [2.75, 3.05) is 6.54 Å². The Kier molecular flexibility index (Phi) is 3.22. The van der Waals surface area contributed by atoms with Gasteiger partial charge in [-0.2, -0.15) is 0 Å². The summed E-state index contributed by atoms with van der Waals surface area (Å²) >= 11 is 5.94. The molecule has 0 atom stereocenters. The monoisotopic (exact) mass is 272 g/mol. The molecule has 1 aliphatic heterocycles. The van der Waals surface area contributed by atoms with Gasteiger partial charge in [0, 0.05) is 23.3 Å². The van der Waals surface area contributed by atoms with Crippen LogP contribution in [0.25, 0.3) is 0 Å². The molecule has 0 unspecified atom stereocenters. The molecular weight excluding hydrogens is 260 g/mol. The molecule has 4 heteroatoms. The maximum Gasteiger partial charge on any atom is 0.254 e. The van der Waals surface area contributed by atoms with E-state index in [1.54, 1.807) is 18.3 Å². The summed E-state index contributed by atoms with van der Waals surface area (Å²) in [7, 11) is 0. The van der Waals surface area contributed by atoms with Crippen LogP contribution in [0.4, 0.5) is 0 Å². The van der Waals surface area contributed by atoms with Gasteiger partial charge in [-0.05, 0) is 30.2 Å². The predicted molar refractivity (Wildman–Crippen MR) is 74.1 cm³/mol. The standard InChI is InChI=1S/C15H13ClN2O/c16-12-5-7-17-13(9-12)10-18-8-6-11-3-1-2-4-14(11)15(18)19/h1-5,7,9H,6,8,10H2. The van der Waals surface area contributed by atoms with E-state index in [4.69, 9.17) is 11.6 Å². The number of amides is 1. The van der Waals surface area contributed by atoms with E-state index in [9.17, 15) is 4.79 Å². The molecule has 2 heterocycles. The van der Waals surface area contributed by atoms with Crippen molar-refractivity contribution in [2.24, 2.45) is 0 Å². The molecule has 0 aliphatic carbocycles. The molecule has 3 rings (SSSR count). The Balaban J connectivity index is 1.83. The number of aromatic nitrogens is 1. The third kappa shape index (κ3) is 2.47. The van der Waals surface area contributed by atoms with Gasteiger partial charge in [-0.1, -0.05) is 29.8 Å². The maximum absolute atomic E-state index is 12.4. The molecule has 1 aromatic carbocycles. The van der Waals surface area contributed by atoms with Gasteiger partial charge in [0.1, 0.15) is 0 Å². The average molecular weight is 273 g/mol. The lowest BCUT2D eigenvalue weighted by Gasteiger charge is -2.28. The summed E-state index contributed by atoms with van der Waals surface area (Å²) in [6.07, 6.45) is 2.56. The molecule has 0 N–H and O–H groups in total. The Morgan fingerprint density at radius 1 is 1.26 bits per heavy atom. The summed E-state index contributed by atoms with van der Waals surface area (Å²) in [4.78, 5) is 18.4. The zero-order valence-electron chi connectivity index (χ0n) is 10.3. The van der Waals surface area contributed by atoms with Gasteiger partial charge in [-0.15, -0.1) is 0 Å². The number of hydrogen-bond acceptors (Lipinski definition) is 2. The number of fused-ring (bicyclic) bond motifs is 1. The summed E-state index contributed by atoms with van der Waals surface area (Å²) in [5.41, 5.74) is 2.75. The van der Waals surface area contributed by atoms with Gasteiger partial charge in [-0.3, -0.25) is 9.78 Å². The highest BCUT2D eigenvalue weighted by atomic mass is 35.5. The minimum atomic E-state index is 0.0728. The molecule has 2 aromatic rings. The van der Waals surface area contributed by atoms with E-state index in [1.165, 1.54) is 0 Å². The van der Waals surface area contributed by atoms with Crippen LogP contribution in [-0.2, 0) is 13.0 Å². The number of carbonyl (C=O) groups is 1. The van der Waals surface area contributed by atoms with Crippen LogP contribution >= 0.6 is 11.6 Å². The summed E-state index contributed by atoms with van der Waals surface area (Å²) in [5.74, 6) is 0.0728. The van der Waals surface area contributed by atoms with Crippen LogP contribution in [0.1, 0.15) is 21.6 Å². The van der Waals surface area contributed by atoms with Gasteiger partial charge >= 0.3 is 0 Å². The Hall–Kier alpha value is -1.87. The number of rotatable bonds is 2. The van der Waals surface area contributed by atoms with Gasteiger partial charge in [0.05, 0.1) is 12.2 Å². The second kappa shape index (κ2) is 5.02. The van der Waals surface area contributed by atoms with Crippen LogP contribution in [-0.4, -0.2) is 22.3 Å². The van der Waals surface area contributed by atoms with Crippen LogP contribution in [0, 0.1) is 0 Å². The Bertz CT molecular complexity index is 627. The van der Waals surface area contributed by atoms with E-state index in [0.29, 0.717) is 11.6 Å². The van der Waals surface area contributed by atoms with Crippen LogP contribution in [0.3, 0.4) is 0 Å². The van der Waals surface area contributed by atoms with Crippen molar-refractivity contribution in [3.8, 4) is 0 Å². The second-order valence-electron chi connectivity index (χ2n) is 4.60.